The molecule has 8 heteroatoms. The molecule has 2 fully saturated rings. The largest absolute Gasteiger partial charge is 0.296 e. The van der Waals surface area contributed by atoms with E-state index in [-0.39, 0.29) is 35.1 Å². The van der Waals surface area contributed by atoms with Crippen molar-refractivity contribution < 1.29 is 14.4 Å². The number of ketones is 1. The van der Waals surface area contributed by atoms with Crippen molar-refractivity contribution in [3.8, 4) is 5.69 Å². The molecule has 39 heavy (non-hydrogen) atoms. The Morgan fingerprint density at radius 2 is 1.62 bits per heavy atom. The summed E-state index contributed by atoms with van der Waals surface area (Å²) in [4.78, 5) is 60.4. The van der Waals surface area contributed by atoms with Crippen LogP contribution in [0.2, 0.25) is 0 Å². The number of rotatable bonds is 3. The fourth-order valence-corrected chi connectivity index (χ4v) is 6.82. The number of carbonyl (C=O) groups excluding carboxylic acids is 3. The lowest BCUT2D eigenvalue weighted by Gasteiger charge is -2.32. The van der Waals surface area contributed by atoms with Gasteiger partial charge in [-0.05, 0) is 55.3 Å². The number of nitrogens with zero attached hydrogens (tertiary/aromatic N) is 3. The van der Waals surface area contributed by atoms with Gasteiger partial charge < -0.3 is 0 Å². The van der Waals surface area contributed by atoms with Crippen LogP contribution in [-0.2, 0) is 15.1 Å². The molecule has 4 aromatic rings. The third-order valence-electron chi connectivity index (χ3n) is 8.55. The summed E-state index contributed by atoms with van der Waals surface area (Å²) in [6.07, 6.45) is 0. The molecule has 194 valence electrons. The number of hydrogen-bond acceptors (Lipinski definition) is 6. The number of imide groups is 1. The van der Waals surface area contributed by atoms with Crippen molar-refractivity contribution in [2.45, 2.75) is 32.4 Å². The zero-order chi connectivity index (χ0) is 27.2. The number of fused-ring (bicyclic) bond motifs is 8. The van der Waals surface area contributed by atoms with E-state index in [2.05, 4.69) is 5.32 Å². The van der Waals surface area contributed by atoms with Gasteiger partial charge >= 0.3 is 0 Å². The van der Waals surface area contributed by atoms with Crippen LogP contribution < -0.4 is 15.8 Å². The number of nitrogens with one attached hydrogen (secondary N) is 1. The van der Waals surface area contributed by atoms with Crippen LogP contribution >= 0.6 is 0 Å². The lowest BCUT2D eigenvalue weighted by atomic mass is 9.75. The van der Waals surface area contributed by atoms with Gasteiger partial charge in [-0.3, -0.25) is 29.1 Å². The average Bonchev–Trinajstić information content (AvgIpc) is 3.52. The topological polar surface area (TPSA) is 101 Å². The second-order valence-electron chi connectivity index (χ2n) is 11.0. The van der Waals surface area contributed by atoms with Gasteiger partial charge in [0.15, 0.2) is 5.78 Å². The molecule has 8 nitrogen and oxygen atoms in total. The van der Waals surface area contributed by atoms with Gasteiger partial charge in [0.25, 0.3) is 5.56 Å². The highest BCUT2D eigenvalue weighted by molar-refractivity contribution is 6.23. The Hall–Kier alpha value is -4.43. The molecule has 4 atom stereocenters. The maximum absolute atomic E-state index is 14.4. The molecule has 1 N–H and O–H groups in total. The van der Waals surface area contributed by atoms with Crippen LogP contribution in [0.1, 0.15) is 42.5 Å². The summed E-state index contributed by atoms with van der Waals surface area (Å²) in [5.74, 6) is -1.75. The van der Waals surface area contributed by atoms with Gasteiger partial charge in [0.05, 0.1) is 34.1 Å². The fourth-order valence-electron chi connectivity index (χ4n) is 6.82. The Balaban J connectivity index is 1.49. The predicted octanol–water partition coefficient (Wildman–Crippen LogP) is 3.58. The molecule has 0 bridgehead atoms. The van der Waals surface area contributed by atoms with Crippen molar-refractivity contribution in [1.82, 2.24) is 14.9 Å². The van der Waals surface area contributed by atoms with Gasteiger partial charge in [-0.1, -0.05) is 44.2 Å². The van der Waals surface area contributed by atoms with E-state index in [0.29, 0.717) is 33.7 Å². The van der Waals surface area contributed by atoms with Gasteiger partial charge in [-0.15, -0.1) is 0 Å². The highest BCUT2D eigenvalue weighted by atomic mass is 16.2. The molecular weight excluding hydrogens is 492 g/mol. The Bertz CT molecular complexity index is 1790. The summed E-state index contributed by atoms with van der Waals surface area (Å²) < 4.78 is 1.60. The van der Waals surface area contributed by atoms with E-state index in [9.17, 15) is 19.2 Å². The highest BCUT2D eigenvalue weighted by Gasteiger charge is 2.70. The van der Waals surface area contributed by atoms with Crippen LogP contribution in [0.5, 0.6) is 0 Å². The highest BCUT2D eigenvalue weighted by Crippen LogP contribution is 2.56. The van der Waals surface area contributed by atoms with Gasteiger partial charge in [-0.2, -0.15) is 0 Å². The summed E-state index contributed by atoms with van der Waals surface area (Å²) in [7, 11) is 0. The number of amides is 2. The fraction of sp³-hybridized carbons (Fsp3) is 0.258. The minimum absolute atomic E-state index is 0.0158. The lowest BCUT2D eigenvalue weighted by molar-refractivity contribution is -0.123. The van der Waals surface area contributed by atoms with Crippen molar-refractivity contribution in [1.29, 1.82) is 0 Å². The van der Waals surface area contributed by atoms with Gasteiger partial charge in [0.2, 0.25) is 11.8 Å². The molecule has 0 saturated carbocycles. The number of anilines is 1. The first-order chi connectivity index (χ1) is 18.8. The van der Waals surface area contributed by atoms with Crippen molar-refractivity contribution in [2.75, 3.05) is 4.90 Å². The van der Waals surface area contributed by atoms with Crippen molar-refractivity contribution >= 4 is 34.2 Å². The van der Waals surface area contributed by atoms with E-state index < -0.39 is 17.4 Å². The van der Waals surface area contributed by atoms with Gasteiger partial charge in [0, 0.05) is 17.2 Å². The molecule has 0 aliphatic carbocycles. The zero-order valence-corrected chi connectivity index (χ0v) is 21.7. The number of benzene rings is 3. The third-order valence-corrected chi connectivity index (χ3v) is 8.55. The third kappa shape index (κ3) is 2.95. The number of aromatic nitrogens is 2. The van der Waals surface area contributed by atoms with E-state index in [4.69, 9.17) is 4.98 Å². The van der Waals surface area contributed by atoms with E-state index >= 15 is 0 Å². The van der Waals surface area contributed by atoms with Crippen molar-refractivity contribution in [2.24, 2.45) is 17.8 Å². The van der Waals surface area contributed by atoms with Gasteiger partial charge in [0.1, 0.15) is 11.4 Å². The smallest absolute Gasteiger partial charge is 0.266 e. The SMILES string of the molecule is CC(=O)c1ccc(N2C(=O)[C@H]3[C@@H](C(C)C)N[C@@]4(c5ccccc5-n5c4nc4ccccc4c5=O)[C@H]3C2=O)cc1. The molecule has 2 saturated heterocycles. The summed E-state index contributed by atoms with van der Waals surface area (Å²) in [5.41, 5.74) is 1.53. The molecule has 7 rings (SSSR count). The van der Waals surface area contributed by atoms with E-state index in [1.807, 2.05) is 50.2 Å². The molecule has 0 radical (unpaired) electrons. The second-order valence-corrected chi connectivity index (χ2v) is 11.0. The summed E-state index contributed by atoms with van der Waals surface area (Å²) >= 11 is 0. The quantitative estimate of drug-likeness (QED) is 0.329. The first-order valence-electron chi connectivity index (χ1n) is 13.1. The number of carbonyl (C=O) groups is 3. The standard InChI is InChI=1S/C31H26N4O4/c1-16(2)26-24-25(29(39)34(28(24)38)19-14-12-18(13-15-19)17(3)36)31(33-26)21-9-5-7-11-23(21)35-27(37)20-8-4-6-10-22(20)32-30(31)35/h4-16,24-26,33H,1-3H3/t24-,25-,26-,31+/m1/s1. The second kappa shape index (κ2) is 8.04. The average molecular weight is 519 g/mol. The summed E-state index contributed by atoms with van der Waals surface area (Å²) in [6.45, 7) is 5.52. The summed E-state index contributed by atoms with van der Waals surface area (Å²) in [5, 5.41) is 4.18. The molecule has 4 heterocycles. The van der Waals surface area contributed by atoms with Gasteiger partial charge in [-0.25, -0.2) is 9.88 Å². The molecule has 2 amide bonds. The van der Waals surface area contributed by atoms with Crippen molar-refractivity contribution in [3.63, 3.8) is 0 Å². The van der Waals surface area contributed by atoms with Crippen LogP contribution in [0.15, 0.2) is 77.6 Å². The number of hydrogen-bond donors (Lipinski definition) is 1. The molecular formula is C31H26N4O4. The first kappa shape index (κ1) is 23.7. The minimum Gasteiger partial charge on any atom is -0.296 e. The zero-order valence-electron chi connectivity index (χ0n) is 21.7. The monoisotopic (exact) mass is 518 g/mol. The molecule has 1 spiro atoms. The lowest BCUT2D eigenvalue weighted by Crippen LogP contribution is -2.51. The van der Waals surface area contributed by atoms with Crippen LogP contribution in [-0.4, -0.2) is 33.2 Å². The number of Topliss-reactive ketones (excluding diaryl/α,β-unsaturated/α-hetero) is 1. The van der Waals surface area contributed by atoms with E-state index in [0.717, 1.165) is 5.56 Å². The Morgan fingerprint density at radius 1 is 0.923 bits per heavy atom. The predicted molar refractivity (Wildman–Crippen MR) is 146 cm³/mol. The van der Waals surface area contributed by atoms with Crippen LogP contribution in [0.25, 0.3) is 16.6 Å². The normalized spacial score (nSPS) is 25.0. The number of para-hydroxylation sites is 2. The Labute approximate surface area is 224 Å². The van der Waals surface area contributed by atoms with E-state index in [1.165, 1.54) is 11.8 Å². The first-order valence-corrected chi connectivity index (χ1v) is 13.1. The molecule has 1 aromatic heterocycles. The molecule has 3 aromatic carbocycles. The van der Waals surface area contributed by atoms with Crippen molar-refractivity contribution in [3.05, 3.63) is 100 Å². The Kier molecular flexibility index (Phi) is 4.88. The maximum atomic E-state index is 14.4. The van der Waals surface area contributed by atoms with Crippen LogP contribution in [0.4, 0.5) is 5.69 Å². The Morgan fingerprint density at radius 3 is 2.33 bits per heavy atom. The van der Waals surface area contributed by atoms with E-state index in [1.54, 1.807) is 41.0 Å². The molecule has 0 unspecified atom stereocenters. The van der Waals surface area contributed by atoms with Crippen LogP contribution in [0, 0.1) is 17.8 Å². The minimum atomic E-state index is -1.17. The maximum Gasteiger partial charge on any atom is 0.266 e. The van der Waals surface area contributed by atoms with Crippen LogP contribution in [0.3, 0.4) is 0 Å². The molecule has 3 aliphatic rings. The summed E-state index contributed by atoms with van der Waals surface area (Å²) in [6, 6.07) is 20.9. The molecule has 3 aliphatic heterocycles.